The predicted molar refractivity (Wildman–Crippen MR) is 125 cm³/mol. The number of benzene rings is 1. The SMILES string of the molecule is CCCNC(=O)[C@@H]1[C@H]2C(=O)N([C@H](C)CO)C(C(=O)NCn3nnc4ccccc43)C23CC[C@@]1(C)O3. The van der Waals surface area contributed by atoms with E-state index in [-0.39, 0.29) is 25.1 Å². The second-order valence-electron chi connectivity index (χ2n) is 10.1. The summed E-state index contributed by atoms with van der Waals surface area (Å²) in [7, 11) is 0. The predicted octanol–water partition coefficient (Wildman–Crippen LogP) is 0.177. The second kappa shape index (κ2) is 8.56. The molecule has 6 atom stereocenters. The van der Waals surface area contributed by atoms with Crippen LogP contribution in [0.2, 0.25) is 0 Å². The summed E-state index contributed by atoms with van der Waals surface area (Å²) < 4.78 is 8.10. The lowest BCUT2D eigenvalue weighted by Crippen LogP contribution is -2.57. The molecule has 1 aromatic heterocycles. The molecule has 3 aliphatic heterocycles. The van der Waals surface area contributed by atoms with Gasteiger partial charge in [-0.1, -0.05) is 24.3 Å². The lowest BCUT2D eigenvalue weighted by atomic mass is 9.66. The number of nitrogens with zero attached hydrogens (tertiary/aromatic N) is 4. The van der Waals surface area contributed by atoms with Gasteiger partial charge in [0.05, 0.1) is 35.6 Å². The Kier molecular flexibility index (Phi) is 5.79. The third-order valence-electron chi connectivity index (χ3n) is 7.86. The first-order chi connectivity index (χ1) is 16.8. The largest absolute Gasteiger partial charge is 0.394 e. The normalized spacial score (nSPS) is 32.2. The van der Waals surface area contributed by atoms with Crippen molar-refractivity contribution in [1.29, 1.82) is 0 Å². The number of hydrogen-bond donors (Lipinski definition) is 3. The van der Waals surface area contributed by atoms with E-state index in [1.165, 1.54) is 4.90 Å². The molecule has 0 saturated carbocycles. The van der Waals surface area contributed by atoms with E-state index in [0.717, 1.165) is 11.9 Å². The van der Waals surface area contributed by atoms with E-state index in [4.69, 9.17) is 4.74 Å². The Morgan fingerprint density at radius 2 is 2.03 bits per heavy atom. The maximum atomic E-state index is 13.8. The molecule has 35 heavy (non-hydrogen) atoms. The van der Waals surface area contributed by atoms with Crippen molar-refractivity contribution < 1.29 is 24.2 Å². The summed E-state index contributed by atoms with van der Waals surface area (Å²) in [6.45, 7) is 5.78. The molecule has 2 aromatic rings. The van der Waals surface area contributed by atoms with Gasteiger partial charge in [0.1, 0.15) is 23.8 Å². The number of amides is 3. The van der Waals surface area contributed by atoms with Crippen LogP contribution in [-0.4, -0.2) is 79.2 Å². The molecule has 11 heteroatoms. The van der Waals surface area contributed by atoms with E-state index in [1.807, 2.05) is 38.1 Å². The fourth-order valence-corrected chi connectivity index (χ4v) is 6.27. The van der Waals surface area contributed by atoms with Crippen molar-refractivity contribution in [2.75, 3.05) is 13.2 Å². The molecule has 2 bridgehead atoms. The van der Waals surface area contributed by atoms with Crippen molar-refractivity contribution in [3.8, 4) is 0 Å². The Morgan fingerprint density at radius 3 is 2.77 bits per heavy atom. The molecule has 5 rings (SSSR count). The third kappa shape index (κ3) is 3.43. The first kappa shape index (κ1) is 23.7. The molecule has 3 saturated heterocycles. The van der Waals surface area contributed by atoms with E-state index < -0.39 is 41.0 Å². The fraction of sp³-hybridized carbons (Fsp3) is 0.625. The van der Waals surface area contributed by atoms with Gasteiger partial charge in [0.25, 0.3) is 0 Å². The highest BCUT2D eigenvalue weighted by atomic mass is 16.5. The summed E-state index contributed by atoms with van der Waals surface area (Å²) in [6.07, 6.45) is 1.83. The lowest BCUT2D eigenvalue weighted by molar-refractivity contribution is -0.149. The number of carbonyl (C=O) groups is 3. The van der Waals surface area contributed by atoms with E-state index in [0.29, 0.717) is 24.9 Å². The van der Waals surface area contributed by atoms with E-state index in [2.05, 4.69) is 20.9 Å². The Bertz CT molecular complexity index is 1170. The number of aliphatic hydroxyl groups is 1. The van der Waals surface area contributed by atoms with Crippen LogP contribution in [0.3, 0.4) is 0 Å². The summed E-state index contributed by atoms with van der Waals surface area (Å²) in [4.78, 5) is 42.1. The highest BCUT2D eigenvalue weighted by Crippen LogP contribution is 2.63. The number of likely N-dealkylation sites (tertiary alicyclic amines) is 1. The third-order valence-corrected chi connectivity index (χ3v) is 7.86. The molecule has 3 N–H and O–H groups in total. The second-order valence-corrected chi connectivity index (χ2v) is 10.1. The van der Waals surface area contributed by atoms with Crippen LogP contribution < -0.4 is 10.6 Å². The number of carbonyl (C=O) groups excluding carboxylic acids is 3. The van der Waals surface area contributed by atoms with Gasteiger partial charge in [0, 0.05) is 6.54 Å². The number of aliphatic hydroxyl groups excluding tert-OH is 1. The molecule has 3 amide bonds. The first-order valence-corrected chi connectivity index (χ1v) is 12.2. The van der Waals surface area contributed by atoms with Gasteiger partial charge in [-0.25, -0.2) is 4.68 Å². The van der Waals surface area contributed by atoms with Crippen LogP contribution in [0.4, 0.5) is 0 Å². The summed E-state index contributed by atoms with van der Waals surface area (Å²) in [6, 6.07) is 5.84. The van der Waals surface area contributed by atoms with Crippen molar-refractivity contribution in [2.24, 2.45) is 11.8 Å². The molecule has 3 aliphatic rings. The van der Waals surface area contributed by atoms with Gasteiger partial charge in [-0.2, -0.15) is 0 Å². The minimum atomic E-state index is -1.13. The standard InChI is InChI=1S/C24H32N6O5/c1-4-11-25-20(32)17-18-22(34)30(14(2)12-31)19(24(18)10-9-23(17,3)35-24)21(33)26-13-29-16-8-6-5-7-15(16)27-28-29/h5-8,14,17-19,31H,4,9-13H2,1-3H3,(H,25,32)(H,26,33)/t14-,17+,18+,19?,23-,24?/m1/s1. The molecule has 188 valence electrons. The summed E-state index contributed by atoms with van der Waals surface area (Å²) in [5.74, 6) is -2.42. The van der Waals surface area contributed by atoms with Gasteiger partial charge in [0.15, 0.2) is 0 Å². The van der Waals surface area contributed by atoms with Crippen LogP contribution in [0.5, 0.6) is 0 Å². The molecule has 2 unspecified atom stereocenters. The molecule has 3 fully saturated rings. The average Bonchev–Trinajstić information content (AvgIpc) is 3.56. The van der Waals surface area contributed by atoms with Gasteiger partial charge in [-0.05, 0) is 45.2 Å². The Balaban J connectivity index is 1.46. The van der Waals surface area contributed by atoms with Crippen LogP contribution >= 0.6 is 0 Å². The van der Waals surface area contributed by atoms with Crippen molar-refractivity contribution in [3.05, 3.63) is 24.3 Å². The zero-order valence-corrected chi connectivity index (χ0v) is 20.2. The van der Waals surface area contributed by atoms with E-state index >= 15 is 0 Å². The maximum absolute atomic E-state index is 13.8. The average molecular weight is 485 g/mol. The van der Waals surface area contributed by atoms with Crippen LogP contribution in [0, 0.1) is 11.8 Å². The van der Waals surface area contributed by atoms with Crippen LogP contribution in [0.1, 0.15) is 40.0 Å². The quantitative estimate of drug-likeness (QED) is 0.486. The van der Waals surface area contributed by atoms with Crippen molar-refractivity contribution in [3.63, 3.8) is 0 Å². The molecule has 0 radical (unpaired) electrons. The van der Waals surface area contributed by atoms with Crippen molar-refractivity contribution >= 4 is 28.8 Å². The van der Waals surface area contributed by atoms with Gasteiger partial charge in [0.2, 0.25) is 17.7 Å². The van der Waals surface area contributed by atoms with E-state index in [9.17, 15) is 19.5 Å². The number of ether oxygens (including phenoxy) is 1. The minimum Gasteiger partial charge on any atom is -0.394 e. The van der Waals surface area contributed by atoms with Gasteiger partial charge >= 0.3 is 0 Å². The molecule has 1 aromatic carbocycles. The van der Waals surface area contributed by atoms with Gasteiger partial charge in [-0.15, -0.1) is 5.10 Å². The molecule has 0 aliphatic carbocycles. The van der Waals surface area contributed by atoms with E-state index in [1.54, 1.807) is 11.6 Å². The van der Waals surface area contributed by atoms with Crippen LogP contribution in [-0.2, 0) is 25.8 Å². The molecular weight excluding hydrogens is 452 g/mol. The highest BCUT2D eigenvalue weighted by molar-refractivity contribution is 5.99. The summed E-state index contributed by atoms with van der Waals surface area (Å²) >= 11 is 0. The first-order valence-electron chi connectivity index (χ1n) is 12.2. The Labute approximate surface area is 203 Å². The highest BCUT2D eigenvalue weighted by Gasteiger charge is 2.78. The van der Waals surface area contributed by atoms with Gasteiger partial charge < -0.3 is 25.4 Å². The lowest BCUT2D eigenvalue weighted by Gasteiger charge is -2.35. The van der Waals surface area contributed by atoms with Crippen LogP contribution in [0.25, 0.3) is 11.0 Å². The molecule has 1 spiro atoms. The molecule has 4 heterocycles. The summed E-state index contributed by atoms with van der Waals surface area (Å²) in [5.41, 5.74) is -0.477. The van der Waals surface area contributed by atoms with Gasteiger partial charge in [-0.3, -0.25) is 14.4 Å². The number of hydrogen-bond acceptors (Lipinski definition) is 7. The zero-order chi connectivity index (χ0) is 25.0. The molecular formula is C24H32N6O5. The Morgan fingerprint density at radius 1 is 1.26 bits per heavy atom. The monoisotopic (exact) mass is 484 g/mol. The smallest absolute Gasteiger partial charge is 0.247 e. The number of para-hydroxylation sites is 1. The zero-order valence-electron chi connectivity index (χ0n) is 20.2. The van der Waals surface area contributed by atoms with Crippen LogP contribution in [0.15, 0.2) is 24.3 Å². The van der Waals surface area contributed by atoms with Crippen molar-refractivity contribution in [2.45, 2.75) is 70.0 Å². The summed E-state index contributed by atoms with van der Waals surface area (Å²) in [5, 5.41) is 24.0. The number of nitrogens with one attached hydrogen (secondary N) is 2. The van der Waals surface area contributed by atoms with Crippen molar-refractivity contribution in [1.82, 2.24) is 30.5 Å². The fourth-order valence-electron chi connectivity index (χ4n) is 6.27. The topological polar surface area (TPSA) is 139 Å². The Hall–Kier alpha value is -3.05. The molecule has 11 nitrogen and oxygen atoms in total. The minimum absolute atomic E-state index is 0.0593. The number of rotatable bonds is 8. The number of fused-ring (bicyclic) bond motifs is 2. The number of aromatic nitrogens is 3. The maximum Gasteiger partial charge on any atom is 0.247 e.